The van der Waals surface area contributed by atoms with E-state index in [2.05, 4.69) is 22.6 Å². The Morgan fingerprint density at radius 3 is 3.00 bits per heavy atom. The summed E-state index contributed by atoms with van der Waals surface area (Å²) in [7, 11) is 0. The highest BCUT2D eigenvalue weighted by Crippen LogP contribution is 2.26. The van der Waals surface area contributed by atoms with Crippen molar-refractivity contribution >= 4 is 28.6 Å². The van der Waals surface area contributed by atoms with Gasteiger partial charge in [0.2, 0.25) is 0 Å². The molecule has 0 aromatic carbocycles. The number of allylic oxidation sites excluding steroid dienone is 3. The summed E-state index contributed by atoms with van der Waals surface area (Å²) in [5.41, 5.74) is 0.962. The van der Waals surface area contributed by atoms with Gasteiger partial charge in [0.25, 0.3) is 0 Å². The summed E-state index contributed by atoms with van der Waals surface area (Å²) in [5, 5.41) is 8.51. The Kier molecular flexibility index (Phi) is 3.11. The molecule has 0 heterocycles. The van der Waals surface area contributed by atoms with E-state index in [0.29, 0.717) is 0 Å². The van der Waals surface area contributed by atoms with Crippen molar-refractivity contribution in [3.8, 4) is 0 Å². The number of carboxylic acid groups (broad SMARTS) is 1. The minimum Gasteiger partial charge on any atom is -0.481 e. The Balaban J connectivity index is 2.68. The lowest BCUT2D eigenvalue weighted by atomic mass is 10.0. The molecule has 0 aliphatic heterocycles. The lowest BCUT2D eigenvalue weighted by Crippen LogP contribution is -1.99. The van der Waals surface area contributed by atoms with Gasteiger partial charge in [-0.2, -0.15) is 0 Å². The highest BCUT2D eigenvalue weighted by Gasteiger charge is 2.08. The summed E-state index contributed by atoms with van der Waals surface area (Å²) in [6.07, 6.45) is 6.15. The van der Waals surface area contributed by atoms with Crippen LogP contribution in [0.15, 0.2) is 21.3 Å². The third-order valence-electron chi connectivity index (χ3n) is 1.54. The summed E-state index contributed by atoms with van der Waals surface area (Å²) in [6.45, 7) is 0. The van der Waals surface area contributed by atoms with Crippen molar-refractivity contribution in [3.05, 3.63) is 21.3 Å². The first kappa shape index (κ1) is 8.77. The molecule has 0 spiro atoms. The molecule has 11 heavy (non-hydrogen) atoms. The third kappa shape index (κ3) is 2.65. The molecule has 0 amide bonds. The lowest BCUT2D eigenvalue weighted by molar-refractivity contribution is -0.136. The van der Waals surface area contributed by atoms with Crippen LogP contribution < -0.4 is 0 Å². The summed E-state index contributed by atoms with van der Waals surface area (Å²) in [6, 6.07) is 0. The van der Waals surface area contributed by atoms with Crippen LogP contribution in [0.1, 0.15) is 19.3 Å². The summed E-state index contributed by atoms with van der Waals surface area (Å²) in [4.78, 5) is 10.3. The van der Waals surface area contributed by atoms with Gasteiger partial charge in [-0.25, -0.2) is 0 Å². The first-order valence-corrected chi connectivity index (χ1v) is 4.54. The molecule has 1 aliphatic rings. The summed E-state index contributed by atoms with van der Waals surface area (Å²) < 4.78 is 1.19. The third-order valence-corrected chi connectivity index (χ3v) is 2.77. The predicted octanol–water partition coefficient (Wildman–Crippen LogP) is 2.50. The van der Waals surface area contributed by atoms with E-state index >= 15 is 0 Å². The molecule has 1 rings (SSSR count). The predicted molar refractivity (Wildman–Crippen MR) is 51.7 cm³/mol. The fourth-order valence-corrected chi connectivity index (χ4v) is 1.69. The van der Waals surface area contributed by atoms with Crippen LogP contribution in [-0.4, -0.2) is 11.1 Å². The molecule has 0 fully saturated rings. The van der Waals surface area contributed by atoms with Gasteiger partial charge in [0.15, 0.2) is 0 Å². The second kappa shape index (κ2) is 3.90. The van der Waals surface area contributed by atoms with Crippen LogP contribution in [0.4, 0.5) is 0 Å². The zero-order valence-corrected chi connectivity index (χ0v) is 8.17. The number of carbonyl (C=O) groups is 1. The molecule has 3 heteroatoms. The fourth-order valence-electron chi connectivity index (χ4n) is 1.00. The Labute approximate surface area is 79.1 Å². The van der Waals surface area contributed by atoms with Gasteiger partial charge in [0.05, 0.1) is 6.42 Å². The fraction of sp³-hybridized carbons (Fsp3) is 0.375. The second-order valence-corrected chi connectivity index (χ2v) is 3.74. The van der Waals surface area contributed by atoms with Gasteiger partial charge >= 0.3 is 5.97 Å². The van der Waals surface area contributed by atoms with E-state index < -0.39 is 5.97 Å². The van der Waals surface area contributed by atoms with E-state index in [4.69, 9.17) is 5.11 Å². The standard InChI is InChI=1S/C8H9IO2/c9-7-4-2-1-3-6(7)5-8(10)11/h1,3H,2,4-5H2,(H,10,11). The van der Waals surface area contributed by atoms with E-state index in [9.17, 15) is 4.79 Å². The molecule has 1 aliphatic carbocycles. The number of carboxylic acids is 1. The smallest absolute Gasteiger partial charge is 0.307 e. The normalized spacial score (nSPS) is 17.2. The van der Waals surface area contributed by atoms with Crippen molar-refractivity contribution in [1.29, 1.82) is 0 Å². The van der Waals surface area contributed by atoms with Crippen LogP contribution in [0, 0.1) is 0 Å². The Morgan fingerprint density at radius 2 is 2.45 bits per heavy atom. The molecule has 0 aromatic rings. The summed E-state index contributed by atoms with van der Waals surface area (Å²) in [5.74, 6) is -0.749. The Morgan fingerprint density at radius 1 is 1.73 bits per heavy atom. The quantitative estimate of drug-likeness (QED) is 0.778. The average Bonchev–Trinajstić information content (AvgIpc) is 1.93. The van der Waals surface area contributed by atoms with E-state index in [1.54, 1.807) is 0 Å². The van der Waals surface area contributed by atoms with E-state index in [1.165, 1.54) is 3.58 Å². The van der Waals surface area contributed by atoms with Crippen molar-refractivity contribution in [2.45, 2.75) is 19.3 Å². The van der Waals surface area contributed by atoms with Gasteiger partial charge in [-0.1, -0.05) is 12.2 Å². The molecular weight excluding hydrogens is 255 g/mol. The zero-order chi connectivity index (χ0) is 8.27. The number of aliphatic carboxylic acids is 1. The van der Waals surface area contributed by atoms with Gasteiger partial charge in [-0.15, -0.1) is 0 Å². The maximum atomic E-state index is 10.3. The molecule has 0 aromatic heterocycles. The molecule has 0 radical (unpaired) electrons. The molecule has 0 unspecified atom stereocenters. The van der Waals surface area contributed by atoms with Crippen molar-refractivity contribution in [1.82, 2.24) is 0 Å². The maximum absolute atomic E-state index is 10.3. The second-order valence-electron chi connectivity index (χ2n) is 2.44. The topological polar surface area (TPSA) is 37.3 Å². The zero-order valence-electron chi connectivity index (χ0n) is 6.01. The van der Waals surface area contributed by atoms with E-state index in [1.807, 2.05) is 12.2 Å². The number of hydrogen-bond acceptors (Lipinski definition) is 1. The highest BCUT2D eigenvalue weighted by atomic mass is 127. The first-order valence-electron chi connectivity index (χ1n) is 3.46. The van der Waals surface area contributed by atoms with Crippen LogP contribution in [0.2, 0.25) is 0 Å². The van der Waals surface area contributed by atoms with Gasteiger partial charge in [-0.3, -0.25) is 4.79 Å². The number of rotatable bonds is 2. The minimum atomic E-state index is -0.749. The molecule has 2 nitrogen and oxygen atoms in total. The first-order chi connectivity index (χ1) is 5.20. The van der Waals surface area contributed by atoms with Crippen LogP contribution in [0.3, 0.4) is 0 Å². The van der Waals surface area contributed by atoms with Gasteiger partial charge in [-0.05, 0) is 44.6 Å². The van der Waals surface area contributed by atoms with Crippen LogP contribution in [0.5, 0.6) is 0 Å². The molecule has 0 bridgehead atoms. The molecule has 1 N–H and O–H groups in total. The van der Waals surface area contributed by atoms with Gasteiger partial charge in [0, 0.05) is 0 Å². The minimum absolute atomic E-state index is 0.161. The van der Waals surface area contributed by atoms with E-state index in [0.717, 1.165) is 18.4 Å². The molecule has 0 saturated heterocycles. The summed E-state index contributed by atoms with van der Waals surface area (Å²) >= 11 is 2.22. The van der Waals surface area contributed by atoms with Gasteiger partial charge < -0.3 is 5.11 Å². The van der Waals surface area contributed by atoms with Crippen molar-refractivity contribution in [3.63, 3.8) is 0 Å². The largest absolute Gasteiger partial charge is 0.481 e. The lowest BCUT2D eigenvalue weighted by Gasteiger charge is -2.08. The monoisotopic (exact) mass is 264 g/mol. The van der Waals surface area contributed by atoms with Crippen molar-refractivity contribution < 1.29 is 9.90 Å². The SMILES string of the molecule is O=C(O)CC1=C(I)CCC=C1. The Hall–Kier alpha value is -0.320. The van der Waals surface area contributed by atoms with Crippen LogP contribution >= 0.6 is 22.6 Å². The average molecular weight is 264 g/mol. The Bertz CT molecular complexity index is 228. The van der Waals surface area contributed by atoms with Crippen molar-refractivity contribution in [2.75, 3.05) is 0 Å². The van der Waals surface area contributed by atoms with E-state index in [-0.39, 0.29) is 6.42 Å². The molecule has 0 atom stereocenters. The molecular formula is C8H9IO2. The molecule has 60 valence electrons. The number of halogens is 1. The molecule has 0 saturated carbocycles. The van der Waals surface area contributed by atoms with Crippen LogP contribution in [0.25, 0.3) is 0 Å². The number of hydrogen-bond donors (Lipinski definition) is 1. The van der Waals surface area contributed by atoms with Crippen LogP contribution in [-0.2, 0) is 4.79 Å². The van der Waals surface area contributed by atoms with Crippen molar-refractivity contribution in [2.24, 2.45) is 0 Å². The maximum Gasteiger partial charge on any atom is 0.307 e. The highest BCUT2D eigenvalue weighted by molar-refractivity contribution is 14.1. The van der Waals surface area contributed by atoms with Gasteiger partial charge in [0.1, 0.15) is 0 Å².